The van der Waals surface area contributed by atoms with Crippen LogP contribution in [0.25, 0.3) is 0 Å². The van der Waals surface area contributed by atoms with Gasteiger partial charge in [-0.05, 0) is 18.1 Å². The average Bonchev–Trinajstić information content (AvgIpc) is 2.13. The van der Waals surface area contributed by atoms with E-state index in [9.17, 15) is 13.2 Å². The van der Waals surface area contributed by atoms with Gasteiger partial charge in [-0.1, -0.05) is 31.5 Å². The van der Waals surface area contributed by atoms with Crippen LogP contribution >= 0.6 is 11.6 Å². The van der Waals surface area contributed by atoms with Crippen molar-refractivity contribution in [3.05, 3.63) is 28.8 Å². The van der Waals surface area contributed by atoms with Gasteiger partial charge in [-0.25, -0.2) is 13.2 Å². The van der Waals surface area contributed by atoms with Crippen LogP contribution in [0.3, 0.4) is 0 Å². The maximum absolute atomic E-state index is 11.7. The fourth-order valence-electron chi connectivity index (χ4n) is 1.47. The maximum Gasteiger partial charge on any atom is 0.339 e. The Morgan fingerprint density at radius 1 is 1.44 bits per heavy atom. The van der Waals surface area contributed by atoms with E-state index in [4.69, 9.17) is 16.7 Å². The Morgan fingerprint density at radius 2 is 2.06 bits per heavy atom. The lowest BCUT2D eigenvalue weighted by Gasteiger charge is -2.12. The van der Waals surface area contributed by atoms with Gasteiger partial charge in [0.25, 0.3) is 0 Å². The van der Waals surface area contributed by atoms with Crippen LogP contribution in [0.4, 0.5) is 5.69 Å². The number of benzene rings is 1. The number of rotatable bonds is 5. The molecule has 0 atom stereocenters. The number of carboxylic acids is 1. The number of aromatic carboxylic acids is 1. The summed E-state index contributed by atoms with van der Waals surface area (Å²) in [6, 6.07) is 4.25. The predicted molar refractivity (Wildman–Crippen MR) is 70.7 cm³/mol. The average molecular weight is 292 g/mol. The minimum Gasteiger partial charge on any atom is -0.478 e. The van der Waals surface area contributed by atoms with Crippen molar-refractivity contribution in [3.8, 4) is 0 Å². The first-order valence-electron chi connectivity index (χ1n) is 5.25. The lowest BCUT2D eigenvalue weighted by Crippen LogP contribution is -2.21. The van der Waals surface area contributed by atoms with E-state index in [0.717, 1.165) is 0 Å². The van der Waals surface area contributed by atoms with E-state index in [1.807, 2.05) is 0 Å². The van der Waals surface area contributed by atoms with Gasteiger partial charge in [0.2, 0.25) is 10.0 Å². The van der Waals surface area contributed by atoms with Crippen molar-refractivity contribution in [1.82, 2.24) is 0 Å². The van der Waals surface area contributed by atoms with E-state index in [0.29, 0.717) is 0 Å². The van der Waals surface area contributed by atoms with Crippen molar-refractivity contribution in [3.63, 3.8) is 0 Å². The molecule has 0 bridgehead atoms. The Bertz CT molecular complexity index is 554. The fraction of sp³-hybridized carbons (Fsp3) is 0.364. The van der Waals surface area contributed by atoms with Gasteiger partial charge in [-0.15, -0.1) is 0 Å². The first-order chi connectivity index (χ1) is 8.23. The molecule has 100 valence electrons. The maximum atomic E-state index is 11.7. The number of halogens is 1. The summed E-state index contributed by atoms with van der Waals surface area (Å²) in [5, 5.41) is 9.00. The number of hydrogen-bond donors (Lipinski definition) is 2. The molecule has 0 aliphatic carbocycles. The molecule has 5 nitrogen and oxygen atoms in total. The van der Waals surface area contributed by atoms with Crippen LogP contribution in [0.15, 0.2) is 18.2 Å². The molecule has 0 saturated carbocycles. The van der Waals surface area contributed by atoms with Crippen LogP contribution in [0.1, 0.15) is 24.2 Å². The second kappa shape index (κ2) is 5.58. The molecule has 0 amide bonds. The van der Waals surface area contributed by atoms with Crippen molar-refractivity contribution in [2.45, 2.75) is 13.8 Å². The SMILES string of the molecule is CC(C)CS(=O)(=O)Nc1cccc(Cl)c1C(=O)O. The lowest BCUT2D eigenvalue weighted by molar-refractivity contribution is 0.0698. The quantitative estimate of drug-likeness (QED) is 0.873. The van der Waals surface area contributed by atoms with Crippen LogP contribution in [-0.4, -0.2) is 25.2 Å². The van der Waals surface area contributed by atoms with Crippen LogP contribution < -0.4 is 4.72 Å². The van der Waals surface area contributed by atoms with Crippen molar-refractivity contribution in [2.75, 3.05) is 10.5 Å². The van der Waals surface area contributed by atoms with Crippen LogP contribution in [0.5, 0.6) is 0 Å². The third-order valence-corrected chi connectivity index (χ3v) is 4.00. The summed E-state index contributed by atoms with van der Waals surface area (Å²) in [6.07, 6.45) is 0. The molecular weight excluding hydrogens is 278 g/mol. The van der Waals surface area contributed by atoms with E-state index >= 15 is 0 Å². The topological polar surface area (TPSA) is 83.5 Å². The highest BCUT2D eigenvalue weighted by Gasteiger charge is 2.19. The standard InChI is InChI=1S/C11H14ClNO4S/c1-7(2)6-18(16,17)13-9-5-3-4-8(12)10(9)11(14)15/h3-5,7,13H,6H2,1-2H3,(H,14,15). The van der Waals surface area contributed by atoms with Crippen molar-refractivity contribution in [2.24, 2.45) is 5.92 Å². The Kier molecular flexibility index (Phi) is 4.59. The Labute approximate surface area is 111 Å². The van der Waals surface area contributed by atoms with Gasteiger partial charge < -0.3 is 5.11 Å². The second-order valence-corrected chi connectivity index (χ2v) is 6.42. The van der Waals surface area contributed by atoms with Gasteiger partial charge in [0.1, 0.15) is 5.56 Å². The summed E-state index contributed by atoms with van der Waals surface area (Å²) in [5.41, 5.74) is -0.262. The van der Waals surface area contributed by atoms with Crippen molar-refractivity contribution >= 4 is 33.3 Å². The van der Waals surface area contributed by atoms with Gasteiger partial charge in [-0.3, -0.25) is 4.72 Å². The molecule has 1 aromatic carbocycles. The first kappa shape index (κ1) is 14.8. The predicted octanol–water partition coefficient (Wildman–Crippen LogP) is 2.44. The summed E-state index contributed by atoms with van der Waals surface area (Å²) in [5.74, 6) is -1.42. The number of anilines is 1. The summed E-state index contributed by atoms with van der Waals surface area (Å²) >= 11 is 5.74. The Hall–Kier alpha value is -1.27. The van der Waals surface area contributed by atoms with Crippen LogP contribution in [-0.2, 0) is 10.0 Å². The number of nitrogens with one attached hydrogen (secondary N) is 1. The Balaban J connectivity index is 3.13. The molecule has 18 heavy (non-hydrogen) atoms. The summed E-state index contributed by atoms with van der Waals surface area (Å²) in [4.78, 5) is 11.0. The zero-order valence-electron chi connectivity index (χ0n) is 9.97. The number of carbonyl (C=O) groups is 1. The molecule has 0 heterocycles. The Morgan fingerprint density at radius 3 is 2.56 bits per heavy atom. The highest BCUT2D eigenvalue weighted by molar-refractivity contribution is 7.92. The smallest absolute Gasteiger partial charge is 0.339 e. The normalized spacial score (nSPS) is 11.6. The zero-order chi connectivity index (χ0) is 13.9. The molecule has 1 aromatic rings. The molecule has 0 aliphatic rings. The molecule has 0 unspecified atom stereocenters. The third kappa shape index (κ3) is 3.89. The van der Waals surface area contributed by atoms with Gasteiger partial charge in [0.15, 0.2) is 0 Å². The van der Waals surface area contributed by atoms with Crippen molar-refractivity contribution < 1.29 is 18.3 Å². The highest BCUT2D eigenvalue weighted by Crippen LogP contribution is 2.25. The van der Waals surface area contributed by atoms with Crippen LogP contribution in [0, 0.1) is 5.92 Å². The van der Waals surface area contributed by atoms with E-state index in [2.05, 4.69) is 4.72 Å². The van der Waals surface area contributed by atoms with E-state index < -0.39 is 16.0 Å². The second-order valence-electron chi connectivity index (χ2n) is 4.24. The molecule has 2 N–H and O–H groups in total. The van der Waals surface area contributed by atoms with Crippen molar-refractivity contribution in [1.29, 1.82) is 0 Å². The van der Waals surface area contributed by atoms with E-state index in [1.54, 1.807) is 13.8 Å². The minimum absolute atomic E-state index is 0.00718. The molecule has 0 saturated heterocycles. The summed E-state index contributed by atoms with van der Waals surface area (Å²) in [7, 11) is -3.58. The van der Waals surface area contributed by atoms with Crippen LogP contribution in [0.2, 0.25) is 5.02 Å². The van der Waals surface area contributed by atoms with E-state index in [1.165, 1.54) is 18.2 Å². The van der Waals surface area contributed by atoms with E-state index in [-0.39, 0.29) is 27.9 Å². The zero-order valence-corrected chi connectivity index (χ0v) is 11.5. The molecular formula is C11H14ClNO4S. The van der Waals surface area contributed by atoms with Gasteiger partial charge in [0, 0.05) is 0 Å². The monoisotopic (exact) mass is 291 g/mol. The summed E-state index contributed by atoms with van der Waals surface area (Å²) in [6.45, 7) is 3.52. The number of hydrogen-bond acceptors (Lipinski definition) is 3. The molecule has 0 radical (unpaired) electrons. The first-order valence-corrected chi connectivity index (χ1v) is 7.28. The molecule has 0 aliphatic heterocycles. The molecule has 7 heteroatoms. The lowest BCUT2D eigenvalue weighted by atomic mass is 10.2. The highest BCUT2D eigenvalue weighted by atomic mass is 35.5. The number of carboxylic acid groups (broad SMARTS) is 1. The van der Waals surface area contributed by atoms with Gasteiger partial charge in [0.05, 0.1) is 16.5 Å². The fourth-order valence-corrected chi connectivity index (χ4v) is 3.20. The largest absolute Gasteiger partial charge is 0.478 e. The third-order valence-electron chi connectivity index (χ3n) is 2.05. The molecule has 0 spiro atoms. The molecule has 1 rings (SSSR count). The molecule has 0 fully saturated rings. The van der Waals surface area contributed by atoms with Gasteiger partial charge in [-0.2, -0.15) is 0 Å². The summed E-state index contributed by atoms with van der Waals surface area (Å²) < 4.78 is 25.7. The molecule has 0 aromatic heterocycles. The minimum atomic E-state index is -3.58. The van der Waals surface area contributed by atoms with Gasteiger partial charge >= 0.3 is 5.97 Å². The number of sulfonamides is 1.